The van der Waals surface area contributed by atoms with Crippen LogP contribution in [0.25, 0.3) is 0 Å². The lowest BCUT2D eigenvalue weighted by molar-refractivity contribution is -0.126. The maximum absolute atomic E-state index is 12.5. The molecule has 1 aromatic carbocycles. The third-order valence-corrected chi connectivity index (χ3v) is 4.76. The van der Waals surface area contributed by atoms with Crippen molar-refractivity contribution in [2.75, 3.05) is 5.32 Å². The van der Waals surface area contributed by atoms with Gasteiger partial charge in [-0.25, -0.2) is 0 Å². The number of nitrogens with one attached hydrogen (secondary N) is 1. The van der Waals surface area contributed by atoms with Crippen LogP contribution in [-0.4, -0.2) is 11.0 Å². The molecular formula is C16H21NO2S. The van der Waals surface area contributed by atoms with E-state index < -0.39 is 0 Å². The molecule has 1 fully saturated rings. The van der Waals surface area contributed by atoms with Gasteiger partial charge in [-0.2, -0.15) is 0 Å². The highest BCUT2D eigenvalue weighted by Gasteiger charge is 2.34. The molecule has 0 radical (unpaired) electrons. The summed E-state index contributed by atoms with van der Waals surface area (Å²) in [6, 6.07) is 7.48. The molecule has 108 valence electrons. The van der Waals surface area contributed by atoms with Crippen LogP contribution in [0.1, 0.15) is 46.0 Å². The summed E-state index contributed by atoms with van der Waals surface area (Å²) in [5.74, 6) is 0.0776. The molecular weight excluding hydrogens is 270 g/mol. The Morgan fingerprint density at radius 2 is 1.80 bits per heavy atom. The summed E-state index contributed by atoms with van der Waals surface area (Å²) in [6.45, 7) is 3.58. The molecule has 0 heterocycles. The van der Waals surface area contributed by atoms with Crippen molar-refractivity contribution in [1.29, 1.82) is 0 Å². The number of rotatable bonds is 3. The number of para-hydroxylation sites is 1. The first-order valence-corrected chi connectivity index (χ1v) is 7.92. The summed E-state index contributed by atoms with van der Waals surface area (Å²) >= 11 is 1.16. The van der Waals surface area contributed by atoms with Gasteiger partial charge in [0.1, 0.15) is 0 Å². The van der Waals surface area contributed by atoms with E-state index in [4.69, 9.17) is 0 Å². The van der Waals surface area contributed by atoms with Crippen molar-refractivity contribution in [2.24, 2.45) is 5.41 Å². The molecule has 2 rings (SSSR count). The monoisotopic (exact) mass is 291 g/mol. The van der Waals surface area contributed by atoms with Crippen molar-refractivity contribution in [3.05, 3.63) is 24.3 Å². The van der Waals surface area contributed by atoms with Crippen LogP contribution in [0.5, 0.6) is 0 Å². The van der Waals surface area contributed by atoms with Crippen LogP contribution in [0.2, 0.25) is 0 Å². The van der Waals surface area contributed by atoms with Gasteiger partial charge >= 0.3 is 0 Å². The number of benzene rings is 1. The Morgan fingerprint density at radius 1 is 1.15 bits per heavy atom. The van der Waals surface area contributed by atoms with Crippen LogP contribution >= 0.6 is 11.8 Å². The Labute approximate surface area is 124 Å². The van der Waals surface area contributed by atoms with Gasteiger partial charge in [0.15, 0.2) is 5.12 Å². The molecule has 3 nitrogen and oxygen atoms in total. The molecule has 1 aliphatic carbocycles. The van der Waals surface area contributed by atoms with Crippen molar-refractivity contribution in [3.63, 3.8) is 0 Å². The van der Waals surface area contributed by atoms with Crippen LogP contribution in [0, 0.1) is 5.41 Å². The summed E-state index contributed by atoms with van der Waals surface area (Å²) in [5, 5.41) is 3.04. The molecule has 1 N–H and O–H groups in total. The molecule has 0 aromatic heterocycles. The van der Waals surface area contributed by atoms with Crippen molar-refractivity contribution in [1.82, 2.24) is 0 Å². The second kappa shape index (κ2) is 6.44. The Kier molecular flexibility index (Phi) is 4.86. The first kappa shape index (κ1) is 15.1. The number of hydrogen-bond acceptors (Lipinski definition) is 3. The maximum Gasteiger partial charge on any atom is 0.230 e. The highest BCUT2D eigenvalue weighted by atomic mass is 32.2. The average Bonchev–Trinajstić information content (AvgIpc) is 2.41. The molecule has 20 heavy (non-hydrogen) atoms. The molecule has 0 bridgehead atoms. The fourth-order valence-electron chi connectivity index (χ4n) is 2.65. The van der Waals surface area contributed by atoms with Crippen molar-refractivity contribution < 1.29 is 9.59 Å². The van der Waals surface area contributed by atoms with E-state index in [0.29, 0.717) is 0 Å². The predicted molar refractivity (Wildman–Crippen MR) is 82.8 cm³/mol. The van der Waals surface area contributed by atoms with Gasteiger partial charge in [-0.1, -0.05) is 50.1 Å². The topological polar surface area (TPSA) is 46.2 Å². The van der Waals surface area contributed by atoms with Gasteiger partial charge in [0.2, 0.25) is 5.91 Å². The molecule has 1 amide bonds. The number of anilines is 1. The smallest absolute Gasteiger partial charge is 0.230 e. The fourth-order valence-corrected chi connectivity index (χ4v) is 3.33. The minimum atomic E-state index is -0.272. The van der Waals surface area contributed by atoms with E-state index >= 15 is 0 Å². The van der Waals surface area contributed by atoms with E-state index in [1.807, 2.05) is 31.2 Å². The number of thioether (sulfide) groups is 1. The lowest BCUT2D eigenvalue weighted by Crippen LogP contribution is -2.35. The molecule has 1 saturated carbocycles. The molecule has 1 aromatic rings. The summed E-state index contributed by atoms with van der Waals surface area (Å²) in [6.07, 6.45) is 5.35. The number of amides is 1. The van der Waals surface area contributed by atoms with Crippen LogP contribution < -0.4 is 5.32 Å². The Bertz CT molecular complexity index is 507. The molecule has 1 aliphatic rings. The van der Waals surface area contributed by atoms with Gasteiger partial charge in [-0.05, 0) is 25.0 Å². The summed E-state index contributed by atoms with van der Waals surface area (Å²) in [5.41, 5.74) is 0.469. The maximum atomic E-state index is 12.5. The number of carbonyl (C=O) groups excluding carboxylic acids is 2. The zero-order valence-corrected chi connectivity index (χ0v) is 12.9. The van der Waals surface area contributed by atoms with Gasteiger partial charge in [-0.15, -0.1) is 0 Å². The highest BCUT2D eigenvalue weighted by Crippen LogP contribution is 2.37. The van der Waals surface area contributed by atoms with Crippen molar-refractivity contribution in [3.8, 4) is 0 Å². The SMILES string of the molecule is CC(=O)Sc1ccccc1NC(=O)C1(C)CCCCC1. The second-order valence-electron chi connectivity index (χ2n) is 5.67. The minimum Gasteiger partial charge on any atom is -0.325 e. The van der Waals surface area contributed by atoms with E-state index in [1.165, 1.54) is 13.3 Å². The molecule has 4 heteroatoms. The first-order valence-electron chi connectivity index (χ1n) is 7.10. The largest absolute Gasteiger partial charge is 0.325 e. The van der Waals surface area contributed by atoms with Crippen molar-refractivity contribution in [2.45, 2.75) is 50.8 Å². The lowest BCUT2D eigenvalue weighted by Gasteiger charge is -2.32. The number of carbonyl (C=O) groups is 2. The average molecular weight is 291 g/mol. The Hall–Kier alpha value is -1.29. The predicted octanol–water partition coefficient (Wildman–Crippen LogP) is 4.23. The van der Waals surface area contributed by atoms with Crippen LogP contribution in [-0.2, 0) is 9.59 Å². The van der Waals surface area contributed by atoms with E-state index in [1.54, 1.807) is 0 Å². The molecule has 0 unspecified atom stereocenters. The van der Waals surface area contributed by atoms with Crippen LogP contribution in [0.3, 0.4) is 0 Å². The van der Waals surface area contributed by atoms with Gasteiger partial charge in [0.25, 0.3) is 0 Å². The summed E-state index contributed by atoms with van der Waals surface area (Å²) in [4.78, 5) is 24.6. The van der Waals surface area contributed by atoms with Crippen LogP contribution in [0.15, 0.2) is 29.2 Å². The van der Waals surface area contributed by atoms with Gasteiger partial charge in [-0.3, -0.25) is 9.59 Å². The van der Waals surface area contributed by atoms with Gasteiger partial charge in [0, 0.05) is 17.2 Å². The standard InChI is InChI=1S/C16H21NO2S/c1-12(18)20-14-9-5-4-8-13(14)17-15(19)16(2)10-6-3-7-11-16/h4-5,8-9H,3,6-7,10-11H2,1-2H3,(H,17,19). The zero-order chi connectivity index (χ0) is 14.6. The lowest BCUT2D eigenvalue weighted by atomic mass is 9.75. The molecule has 0 aliphatic heterocycles. The van der Waals surface area contributed by atoms with E-state index in [0.717, 1.165) is 48.0 Å². The molecule has 0 atom stereocenters. The van der Waals surface area contributed by atoms with E-state index in [2.05, 4.69) is 5.32 Å². The Balaban J connectivity index is 2.13. The van der Waals surface area contributed by atoms with Gasteiger partial charge < -0.3 is 5.32 Å². The normalized spacial score (nSPS) is 17.5. The minimum absolute atomic E-state index is 0.0237. The molecule has 0 saturated heterocycles. The van der Waals surface area contributed by atoms with E-state index in [-0.39, 0.29) is 16.4 Å². The fraction of sp³-hybridized carbons (Fsp3) is 0.500. The quantitative estimate of drug-likeness (QED) is 0.847. The highest BCUT2D eigenvalue weighted by molar-refractivity contribution is 8.13. The Morgan fingerprint density at radius 3 is 2.45 bits per heavy atom. The first-order chi connectivity index (χ1) is 9.51. The number of hydrogen-bond donors (Lipinski definition) is 1. The van der Waals surface area contributed by atoms with Crippen LogP contribution in [0.4, 0.5) is 5.69 Å². The summed E-state index contributed by atoms with van der Waals surface area (Å²) in [7, 11) is 0. The third kappa shape index (κ3) is 3.63. The molecule has 0 spiro atoms. The third-order valence-electron chi connectivity index (χ3n) is 3.89. The second-order valence-corrected chi connectivity index (χ2v) is 6.88. The summed E-state index contributed by atoms with van der Waals surface area (Å²) < 4.78 is 0. The zero-order valence-electron chi connectivity index (χ0n) is 12.1. The van der Waals surface area contributed by atoms with Crippen molar-refractivity contribution >= 4 is 28.5 Å². The van der Waals surface area contributed by atoms with E-state index in [9.17, 15) is 9.59 Å². The van der Waals surface area contributed by atoms with Gasteiger partial charge in [0.05, 0.1) is 5.69 Å².